The van der Waals surface area contributed by atoms with E-state index in [-0.39, 0.29) is 5.41 Å². The zero-order valence-electron chi connectivity index (χ0n) is 26.5. The molecule has 0 spiro atoms. The van der Waals surface area contributed by atoms with Crippen LogP contribution in [0.4, 0.5) is 17.1 Å². The predicted molar refractivity (Wildman–Crippen MR) is 194 cm³/mol. The fraction of sp³-hybridized carbons (Fsp3) is 0.190. The fourth-order valence-corrected chi connectivity index (χ4v) is 8.17. The van der Waals surface area contributed by atoms with Crippen molar-refractivity contribution < 1.29 is 0 Å². The summed E-state index contributed by atoms with van der Waals surface area (Å²) in [5, 5.41) is 5.19. The molecule has 7 aromatic rings. The van der Waals surface area contributed by atoms with E-state index in [0.717, 1.165) is 6.42 Å². The molecule has 2 aliphatic heterocycles. The highest BCUT2D eigenvalue weighted by Gasteiger charge is 2.41. The van der Waals surface area contributed by atoms with Gasteiger partial charge in [0, 0.05) is 38.6 Å². The molecule has 217 valence electrons. The predicted octanol–water partition coefficient (Wildman–Crippen LogP) is 9.87. The van der Waals surface area contributed by atoms with Gasteiger partial charge in [-0.3, -0.25) is 0 Å². The third kappa shape index (κ3) is 3.77. The summed E-state index contributed by atoms with van der Waals surface area (Å²) >= 11 is 0. The molecule has 3 heteroatoms. The van der Waals surface area contributed by atoms with Crippen molar-refractivity contribution >= 4 is 67.8 Å². The average Bonchev–Trinajstić information content (AvgIpc) is 3.42. The van der Waals surface area contributed by atoms with E-state index in [0.29, 0.717) is 0 Å². The van der Waals surface area contributed by atoms with Gasteiger partial charge >= 0.3 is 0 Å². The van der Waals surface area contributed by atoms with Crippen molar-refractivity contribution in [3.63, 3.8) is 0 Å². The zero-order valence-corrected chi connectivity index (χ0v) is 26.5. The minimum atomic E-state index is -0.0915. The molecule has 0 bridgehead atoms. The number of aromatic nitrogens is 1. The lowest BCUT2D eigenvalue weighted by molar-refractivity contribution is 0.632. The highest BCUT2D eigenvalue weighted by Crippen LogP contribution is 2.52. The molecule has 0 amide bonds. The number of hydrogen-bond donors (Lipinski definition) is 1. The maximum absolute atomic E-state index is 3.89. The van der Waals surface area contributed by atoms with Crippen molar-refractivity contribution in [1.82, 2.24) is 4.98 Å². The zero-order chi connectivity index (χ0) is 30.4. The molecule has 2 nitrogen and oxygen atoms in total. The number of rotatable bonds is 4. The van der Waals surface area contributed by atoms with Gasteiger partial charge in [-0.25, -0.2) is 0 Å². The number of fused-ring (bicyclic) bond motifs is 8. The Kier molecular flexibility index (Phi) is 5.69. The molecular weight excluding hydrogens is 543 g/mol. The molecule has 0 unspecified atom stereocenters. The minimum Gasteiger partial charge on any atom is -0.354 e. The first-order valence-electron chi connectivity index (χ1n) is 16.4. The normalized spacial score (nSPS) is 14.4. The van der Waals surface area contributed by atoms with Crippen LogP contribution in [0, 0.1) is 6.92 Å². The quantitative estimate of drug-likeness (QED) is 0.206. The summed E-state index contributed by atoms with van der Waals surface area (Å²) in [5.41, 5.74) is 16.8. The van der Waals surface area contributed by atoms with Gasteiger partial charge in [-0.1, -0.05) is 105 Å². The maximum Gasteiger partial charge on any atom is 0.197 e. The molecule has 9 rings (SSSR count). The lowest BCUT2D eigenvalue weighted by atomic mass is 9.55. The summed E-state index contributed by atoms with van der Waals surface area (Å²) in [5.74, 6) is 0. The number of anilines is 3. The second-order valence-electron chi connectivity index (χ2n) is 13.6. The molecule has 1 N–H and O–H groups in total. The Morgan fingerprint density at radius 3 is 2.47 bits per heavy atom. The van der Waals surface area contributed by atoms with Crippen molar-refractivity contribution in [1.29, 1.82) is 0 Å². The number of benzene rings is 6. The van der Waals surface area contributed by atoms with Crippen LogP contribution in [0.25, 0.3) is 43.7 Å². The molecule has 1 aromatic heterocycles. The van der Waals surface area contributed by atoms with Crippen molar-refractivity contribution in [2.75, 3.05) is 4.90 Å². The number of aromatic amines is 1. The van der Waals surface area contributed by atoms with Crippen LogP contribution in [-0.4, -0.2) is 12.3 Å². The van der Waals surface area contributed by atoms with E-state index in [1.807, 2.05) is 0 Å². The number of aryl methyl sites for hydroxylation is 2. The molecule has 0 saturated heterocycles. The van der Waals surface area contributed by atoms with Crippen LogP contribution < -0.4 is 15.8 Å². The molecule has 6 aromatic carbocycles. The number of unbranched alkanes of at least 4 members (excludes halogenated alkanes) is 1. The SMILES string of the molecule is CCCCc1cc(-c2c3c(cc4ccccc24)N2c4ccccc4C(C)(C)c4cccc(c42)[B]3)c2[nH]c3ccc(C)cc3c2c1. The second-order valence-corrected chi connectivity index (χ2v) is 13.6. The Morgan fingerprint density at radius 1 is 0.756 bits per heavy atom. The topological polar surface area (TPSA) is 19.0 Å². The van der Waals surface area contributed by atoms with E-state index < -0.39 is 0 Å². The standard InChI is InChI=1S/C42H36BN2/c1-5-6-12-26-22-30-29-21-25(2)19-20-35(29)44-40(30)31(23-26)38-28-14-8-7-13-27(28)24-37-39(38)43-34-17-11-16-33-41(34)45(37)36-18-10-9-15-32(36)42(33,3)4/h7-11,13-24,44H,5-6,12H2,1-4H3. The van der Waals surface area contributed by atoms with Crippen molar-refractivity contribution in [3.8, 4) is 11.1 Å². The van der Waals surface area contributed by atoms with E-state index in [1.165, 1.54) is 107 Å². The van der Waals surface area contributed by atoms with Gasteiger partial charge in [-0.15, -0.1) is 0 Å². The fourth-order valence-electron chi connectivity index (χ4n) is 8.17. The Bertz CT molecular complexity index is 2340. The van der Waals surface area contributed by atoms with E-state index in [2.05, 4.69) is 148 Å². The molecule has 1 radical (unpaired) electrons. The Morgan fingerprint density at radius 2 is 1.58 bits per heavy atom. The summed E-state index contributed by atoms with van der Waals surface area (Å²) < 4.78 is 0. The van der Waals surface area contributed by atoms with Crippen molar-refractivity contribution in [2.45, 2.75) is 52.4 Å². The average molecular weight is 580 g/mol. The molecular formula is C42H36BN2. The molecule has 0 saturated carbocycles. The van der Waals surface area contributed by atoms with E-state index in [4.69, 9.17) is 0 Å². The maximum atomic E-state index is 3.89. The van der Waals surface area contributed by atoms with Gasteiger partial charge in [0.1, 0.15) is 0 Å². The van der Waals surface area contributed by atoms with Gasteiger partial charge in [0.15, 0.2) is 7.28 Å². The van der Waals surface area contributed by atoms with E-state index in [1.54, 1.807) is 0 Å². The first-order chi connectivity index (χ1) is 21.9. The Balaban J connectivity index is 1.41. The second kappa shape index (κ2) is 9.62. The van der Waals surface area contributed by atoms with E-state index >= 15 is 0 Å². The Hall–Kier alpha value is -4.76. The van der Waals surface area contributed by atoms with Crippen LogP contribution in [0.1, 0.15) is 55.9 Å². The van der Waals surface area contributed by atoms with Gasteiger partial charge in [-0.2, -0.15) is 0 Å². The molecule has 0 atom stereocenters. The number of H-pyrrole nitrogens is 1. The summed E-state index contributed by atoms with van der Waals surface area (Å²) in [6, 6.07) is 39.0. The largest absolute Gasteiger partial charge is 0.354 e. The van der Waals surface area contributed by atoms with E-state index in [9.17, 15) is 0 Å². The Labute approximate surface area is 266 Å². The minimum absolute atomic E-state index is 0.0915. The highest BCUT2D eigenvalue weighted by molar-refractivity contribution is 6.74. The third-order valence-corrected chi connectivity index (χ3v) is 10.4. The number of nitrogens with one attached hydrogen (secondary N) is 1. The van der Waals surface area contributed by atoms with Gasteiger partial charge in [0.05, 0.1) is 11.2 Å². The van der Waals surface area contributed by atoms with Gasteiger partial charge in [0.2, 0.25) is 0 Å². The van der Waals surface area contributed by atoms with Crippen LogP contribution in [0.5, 0.6) is 0 Å². The van der Waals surface area contributed by atoms with Crippen molar-refractivity contribution in [3.05, 3.63) is 125 Å². The van der Waals surface area contributed by atoms with Crippen molar-refractivity contribution in [2.24, 2.45) is 0 Å². The molecule has 45 heavy (non-hydrogen) atoms. The first-order valence-corrected chi connectivity index (χ1v) is 16.4. The smallest absolute Gasteiger partial charge is 0.197 e. The van der Waals surface area contributed by atoms with Crippen LogP contribution in [0.2, 0.25) is 0 Å². The van der Waals surface area contributed by atoms with Crippen LogP contribution in [-0.2, 0) is 11.8 Å². The van der Waals surface area contributed by atoms with Gasteiger partial charge < -0.3 is 9.88 Å². The van der Waals surface area contributed by atoms with Gasteiger partial charge in [-0.05, 0) is 94.7 Å². The number of para-hydroxylation sites is 2. The summed E-state index contributed by atoms with van der Waals surface area (Å²) in [6.07, 6.45) is 3.44. The molecule has 0 aliphatic carbocycles. The highest BCUT2D eigenvalue weighted by atomic mass is 15.2. The third-order valence-electron chi connectivity index (χ3n) is 10.4. The molecule has 3 heterocycles. The van der Waals surface area contributed by atoms with Crippen LogP contribution >= 0.6 is 0 Å². The van der Waals surface area contributed by atoms with Gasteiger partial charge in [0.25, 0.3) is 0 Å². The summed E-state index contributed by atoms with van der Waals surface area (Å²) in [7, 11) is 2.47. The number of hydrogen-bond acceptors (Lipinski definition) is 1. The van der Waals surface area contributed by atoms with Crippen LogP contribution in [0.3, 0.4) is 0 Å². The summed E-state index contributed by atoms with van der Waals surface area (Å²) in [4.78, 5) is 6.45. The number of nitrogens with zero attached hydrogens (tertiary/aromatic N) is 1. The molecule has 0 fully saturated rings. The van der Waals surface area contributed by atoms with Crippen LogP contribution in [0.15, 0.2) is 103 Å². The lowest BCUT2D eigenvalue weighted by Gasteiger charge is -2.46. The lowest BCUT2D eigenvalue weighted by Crippen LogP contribution is -2.45. The monoisotopic (exact) mass is 579 g/mol. The first kappa shape index (κ1) is 26.6. The summed E-state index contributed by atoms with van der Waals surface area (Å²) in [6.45, 7) is 9.22. The molecule has 2 aliphatic rings.